The number of benzene rings is 3. The Hall–Kier alpha value is -4.33. The van der Waals surface area contributed by atoms with E-state index >= 15 is 0 Å². The number of ether oxygens (including phenoxy) is 1. The molecule has 228 valence electrons. The first-order valence-corrected chi connectivity index (χ1v) is 14.3. The lowest BCUT2D eigenvalue weighted by molar-refractivity contribution is -0.143. The lowest BCUT2D eigenvalue weighted by atomic mass is 9.91. The Morgan fingerprint density at radius 2 is 1.68 bits per heavy atom. The maximum absolute atomic E-state index is 14.2. The maximum atomic E-state index is 14.2. The van der Waals surface area contributed by atoms with Gasteiger partial charge in [-0.25, -0.2) is 4.68 Å². The van der Waals surface area contributed by atoms with Crippen molar-refractivity contribution < 1.29 is 27.5 Å². The summed E-state index contributed by atoms with van der Waals surface area (Å²) in [4.78, 5) is 28.1. The van der Waals surface area contributed by atoms with E-state index in [-0.39, 0.29) is 24.3 Å². The fraction of sp³-hybridized carbons (Fsp3) is 0.250. The molecule has 2 atom stereocenters. The third-order valence-corrected chi connectivity index (χ3v) is 7.70. The summed E-state index contributed by atoms with van der Waals surface area (Å²) in [5.41, 5.74) is 0.953. The van der Waals surface area contributed by atoms with Gasteiger partial charge in [-0.1, -0.05) is 59.6 Å². The Morgan fingerprint density at radius 1 is 1.05 bits per heavy atom. The van der Waals surface area contributed by atoms with Gasteiger partial charge in [0.05, 0.1) is 53.0 Å². The van der Waals surface area contributed by atoms with Gasteiger partial charge in [-0.05, 0) is 55.8 Å². The smallest absolute Gasteiger partial charge is 0.416 e. The van der Waals surface area contributed by atoms with Crippen molar-refractivity contribution in [2.75, 3.05) is 13.7 Å². The van der Waals surface area contributed by atoms with Crippen LogP contribution < -0.4 is 0 Å². The topological polar surface area (TPSA) is 88.2 Å². The molecule has 3 aromatic carbocycles. The summed E-state index contributed by atoms with van der Waals surface area (Å²) in [6.07, 6.45) is -4.87. The lowest BCUT2D eigenvalue weighted by Gasteiger charge is -2.25. The highest BCUT2D eigenvalue weighted by Crippen LogP contribution is 2.39. The summed E-state index contributed by atoms with van der Waals surface area (Å²) in [7, 11) is 1.48. The second-order valence-corrected chi connectivity index (χ2v) is 10.7. The summed E-state index contributed by atoms with van der Waals surface area (Å²) < 4.78 is 46.0. The number of nitriles is 1. The largest absolute Gasteiger partial charge is 0.466 e. The van der Waals surface area contributed by atoms with Crippen LogP contribution in [0, 0.1) is 11.3 Å². The summed E-state index contributed by atoms with van der Waals surface area (Å²) in [6.45, 7) is 3.39. The number of alkyl halides is 3. The van der Waals surface area contributed by atoms with E-state index in [0.29, 0.717) is 32.6 Å². The number of carbonyl (C=O) groups is 2. The molecule has 0 aliphatic carbocycles. The van der Waals surface area contributed by atoms with Gasteiger partial charge in [-0.15, -0.1) is 0 Å². The molecular formula is C32H27Cl2F3N4O3. The van der Waals surface area contributed by atoms with Crippen molar-refractivity contribution in [3.05, 3.63) is 105 Å². The minimum Gasteiger partial charge on any atom is -0.466 e. The van der Waals surface area contributed by atoms with Gasteiger partial charge in [0, 0.05) is 23.2 Å². The van der Waals surface area contributed by atoms with E-state index < -0.39 is 35.6 Å². The van der Waals surface area contributed by atoms with Crippen molar-refractivity contribution in [1.82, 2.24) is 14.7 Å². The van der Waals surface area contributed by atoms with Gasteiger partial charge in [0.1, 0.15) is 0 Å². The number of halogens is 5. The summed E-state index contributed by atoms with van der Waals surface area (Å²) >= 11 is 12.7. The molecule has 1 aromatic heterocycles. The first kappa shape index (κ1) is 32.6. The van der Waals surface area contributed by atoms with Crippen LogP contribution in [0.25, 0.3) is 16.9 Å². The molecule has 0 fully saturated rings. The number of para-hydroxylation sites is 1. The number of hydrogen-bond acceptors (Lipinski definition) is 5. The molecule has 0 N–H and O–H groups in total. The van der Waals surface area contributed by atoms with E-state index in [1.165, 1.54) is 28.8 Å². The minimum absolute atomic E-state index is 0.0963. The van der Waals surface area contributed by atoms with Crippen molar-refractivity contribution in [1.29, 1.82) is 5.26 Å². The standard InChI is InChI=1S/C32H27Cl2F3N4O3/c1-4-44-27(42)17-22(18-38)28-29(31(43)40(3)19(2)20-9-13-23(14-10-20)32(35,36)37)39-41(26-8-6-5-7-25(26)34)30(28)21-11-15-24(33)16-12-21/h5-16,19,22H,4,17H2,1-3H3/t19-,22?/m1/s1. The second kappa shape index (κ2) is 13.5. The monoisotopic (exact) mass is 642 g/mol. The van der Waals surface area contributed by atoms with Gasteiger partial charge in [0.2, 0.25) is 0 Å². The van der Waals surface area contributed by atoms with Crippen LogP contribution in [0.15, 0.2) is 72.8 Å². The van der Waals surface area contributed by atoms with Crippen LogP contribution in [0.3, 0.4) is 0 Å². The summed E-state index contributed by atoms with van der Waals surface area (Å²) in [6, 6.07) is 19.4. The number of hydrogen-bond donors (Lipinski definition) is 0. The van der Waals surface area contributed by atoms with Gasteiger partial charge in [0.15, 0.2) is 5.69 Å². The number of aromatic nitrogens is 2. The first-order valence-electron chi connectivity index (χ1n) is 13.5. The van der Waals surface area contributed by atoms with Crippen LogP contribution in [0.1, 0.15) is 59.4 Å². The van der Waals surface area contributed by atoms with Crippen LogP contribution in [0.4, 0.5) is 13.2 Å². The van der Waals surface area contributed by atoms with Gasteiger partial charge in [-0.2, -0.15) is 23.5 Å². The predicted octanol–water partition coefficient (Wildman–Crippen LogP) is 8.26. The van der Waals surface area contributed by atoms with Crippen molar-refractivity contribution in [2.24, 2.45) is 0 Å². The zero-order valence-corrected chi connectivity index (χ0v) is 25.4. The van der Waals surface area contributed by atoms with E-state index in [0.717, 1.165) is 12.1 Å². The van der Waals surface area contributed by atoms with Crippen LogP contribution in [-0.4, -0.2) is 40.2 Å². The van der Waals surface area contributed by atoms with Gasteiger partial charge >= 0.3 is 12.1 Å². The second-order valence-electron chi connectivity index (χ2n) is 9.88. The molecule has 0 bridgehead atoms. The molecule has 4 rings (SSSR count). The molecule has 0 aliphatic heterocycles. The Labute approximate surface area is 262 Å². The fourth-order valence-corrected chi connectivity index (χ4v) is 5.06. The first-order chi connectivity index (χ1) is 20.9. The van der Waals surface area contributed by atoms with Gasteiger partial charge in [0.25, 0.3) is 5.91 Å². The van der Waals surface area contributed by atoms with E-state index in [1.807, 2.05) is 0 Å². The molecule has 12 heteroatoms. The predicted molar refractivity (Wildman–Crippen MR) is 161 cm³/mol. The maximum Gasteiger partial charge on any atom is 0.416 e. The van der Waals surface area contributed by atoms with Gasteiger partial charge < -0.3 is 9.64 Å². The van der Waals surface area contributed by atoms with E-state index in [2.05, 4.69) is 11.2 Å². The number of nitrogens with zero attached hydrogens (tertiary/aromatic N) is 4. The van der Waals surface area contributed by atoms with Crippen molar-refractivity contribution in [2.45, 2.75) is 38.4 Å². The van der Waals surface area contributed by atoms with E-state index in [1.54, 1.807) is 62.4 Å². The highest BCUT2D eigenvalue weighted by atomic mass is 35.5. The fourth-order valence-electron chi connectivity index (χ4n) is 4.72. The lowest BCUT2D eigenvalue weighted by Crippen LogP contribution is -2.31. The molecular weight excluding hydrogens is 616 g/mol. The Morgan fingerprint density at radius 3 is 2.25 bits per heavy atom. The Bertz CT molecular complexity index is 1700. The molecule has 1 unspecified atom stereocenters. The average molecular weight is 643 g/mol. The number of carbonyl (C=O) groups excluding carboxylic acids is 2. The SMILES string of the molecule is CCOC(=O)CC(C#N)c1c(C(=O)N(C)[C@H](C)c2ccc(C(F)(F)F)cc2)nn(-c2ccccc2Cl)c1-c1ccc(Cl)cc1. The van der Waals surface area contributed by atoms with Gasteiger partial charge in [-0.3, -0.25) is 9.59 Å². The normalized spacial score (nSPS) is 12.7. The third-order valence-electron chi connectivity index (χ3n) is 7.13. The molecule has 0 radical (unpaired) electrons. The Kier molecular flexibility index (Phi) is 10.0. The average Bonchev–Trinajstić information content (AvgIpc) is 3.39. The van der Waals surface area contributed by atoms with Crippen molar-refractivity contribution in [3.63, 3.8) is 0 Å². The Balaban J connectivity index is 1.92. The molecule has 0 spiro atoms. The molecule has 0 saturated heterocycles. The van der Waals surface area contributed by atoms with E-state index in [9.17, 15) is 28.0 Å². The summed E-state index contributed by atoms with van der Waals surface area (Å²) in [5, 5.41) is 15.7. The molecule has 1 heterocycles. The number of rotatable bonds is 9. The minimum atomic E-state index is -4.51. The molecule has 4 aromatic rings. The highest BCUT2D eigenvalue weighted by Gasteiger charge is 2.35. The molecule has 0 aliphatic rings. The zero-order valence-electron chi connectivity index (χ0n) is 23.9. The van der Waals surface area contributed by atoms with Crippen LogP contribution >= 0.6 is 23.2 Å². The summed E-state index contributed by atoms with van der Waals surface area (Å²) in [5.74, 6) is -2.43. The zero-order chi connectivity index (χ0) is 32.2. The third kappa shape index (κ3) is 6.90. The van der Waals surface area contributed by atoms with Crippen LogP contribution in [-0.2, 0) is 15.7 Å². The number of amides is 1. The molecule has 7 nitrogen and oxygen atoms in total. The quantitative estimate of drug-likeness (QED) is 0.172. The van der Waals surface area contributed by atoms with Crippen LogP contribution in [0.2, 0.25) is 10.0 Å². The highest BCUT2D eigenvalue weighted by molar-refractivity contribution is 6.32. The molecule has 0 saturated carbocycles. The number of esters is 1. The van der Waals surface area contributed by atoms with E-state index in [4.69, 9.17) is 27.9 Å². The van der Waals surface area contributed by atoms with Crippen molar-refractivity contribution >= 4 is 35.1 Å². The van der Waals surface area contributed by atoms with Crippen molar-refractivity contribution in [3.8, 4) is 23.0 Å². The molecule has 44 heavy (non-hydrogen) atoms. The van der Waals surface area contributed by atoms with Crippen LogP contribution in [0.5, 0.6) is 0 Å². The molecule has 1 amide bonds.